The zero-order valence-electron chi connectivity index (χ0n) is 7.30. The monoisotopic (exact) mass is 260 g/mol. The van der Waals surface area contributed by atoms with Crippen LogP contribution in [0.4, 0.5) is 4.39 Å². The molecule has 1 rings (SSSR count). The Balaban J connectivity index is 2.81. The van der Waals surface area contributed by atoms with E-state index in [1.54, 1.807) is 12.1 Å². The Hall–Kier alpha value is -1.14. The van der Waals surface area contributed by atoms with Gasteiger partial charge in [-0.1, -0.05) is 15.9 Å². The summed E-state index contributed by atoms with van der Waals surface area (Å²) in [6.07, 6.45) is 0. The largest absolute Gasteiger partial charge is 0.369 e. The van der Waals surface area contributed by atoms with Crippen LogP contribution in [-0.2, 0) is 6.54 Å². The zero-order valence-corrected chi connectivity index (χ0v) is 8.88. The summed E-state index contributed by atoms with van der Waals surface area (Å²) >= 11 is 3.23. The Labute approximate surface area is 89.3 Å². The molecule has 4 nitrogen and oxygen atoms in total. The molecule has 0 aliphatic heterocycles. The van der Waals surface area contributed by atoms with E-state index in [2.05, 4.69) is 26.3 Å². The number of nitrogens with one attached hydrogen (secondary N) is 1. The number of aliphatic imine (C=N–C) groups is 1. The highest BCUT2D eigenvalue weighted by Crippen LogP contribution is 2.16. The number of hydrogen-bond acceptors (Lipinski definition) is 2. The molecule has 0 spiro atoms. The molecular formula is C8H10BrFN4. The molecule has 5 N–H and O–H groups in total. The van der Waals surface area contributed by atoms with Crippen molar-refractivity contribution in [2.24, 2.45) is 16.6 Å². The predicted octanol–water partition coefficient (Wildman–Crippen LogP) is 0.866. The molecule has 0 radical (unpaired) electrons. The van der Waals surface area contributed by atoms with E-state index >= 15 is 0 Å². The maximum Gasteiger partial charge on any atom is 0.203 e. The predicted molar refractivity (Wildman–Crippen MR) is 56.7 cm³/mol. The molecule has 0 bridgehead atoms. The Morgan fingerprint density at radius 1 is 1.57 bits per heavy atom. The van der Waals surface area contributed by atoms with Crippen LogP contribution in [0.25, 0.3) is 0 Å². The Morgan fingerprint density at radius 3 is 2.93 bits per heavy atom. The van der Waals surface area contributed by atoms with Gasteiger partial charge in [-0.15, -0.1) is 0 Å². The molecule has 0 unspecified atom stereocenters. The Morgan fingerprint density at radius 2 is 2.29 bits per heavy atom. The summed E-state index contributed by atoms with van der Waals surface area (Å²) in [7, 11) is 0. The third-order valence-corrected chi connectivity index (χ3v) is 2.07. The number of nitrogens with zero attached hydrogens (tertiary/aromatic N) is 1. The third-order valence-electron chi connectivity index (χ3n) is 1.58. The minimum absolute atomic E-state index is 0.0735. The van der Waals surface area contributed by atoms with Crippen molar-refractivity contribution in [2.75, 3.05) is 0 Å². The molecule has 0 atom stereocenters. The number of rotatable bonds is 2. The van der Waals surface area contributed by atoms with Gasteiger partial charge in [0, 0.05) is 10.0 Å². The lowest BCUT2D eigenvalue weighted by Gasteiger charge is -2.01. The van der Waals surface area contributed by atoms with Crippen LogP contribution in [0.5, 0.6) is 0 Å². The van der Waals surface area contributed by atoms with Crippen molar-refractivity contribution in [1.82, 2.24) is 5.43 Å². The van der Waals surface area contributed by atoms with E-state index in [4.69, 9.17) is 11.6 Å². The maximum absolute atomic E-state index is 13.1. The lowest BCUT2D eigenvalue weighted by molar-refractivity contribution is 0.610. The summed E-state index contributed by atoms with van der Waals surface area (Å²) in [5.74, 6) is 4.75. The molecule has 1 aromatic carbocycles. The van der Waals surface area contributed by atoms with Gasteiger partial charge in [0.1, 0.15) is 5.82 Å². The van der Waals surface area contributed by atoms with E-state index < -0.39 is 0 Å². The molecular weight excluding hydrogens is 251 g/mol. The Kier molecular flexibility index (Phi) is 3.84. The summed E-state index contributed by atoms with van der Waals surface area (Å²) in [4.78, 5) is 3.81. The maximum atomic E-state index is 13.1. The molecule has 76 valence electrons. The van der Waals surface area contributed by atoms with Crippen LogP contribution in [0, 0.1) is 5.82 Å². The number of hydrazine groups is 1. The fourth-order valence-electron chi connectivity index (χ4n) is 0.880. The third kappa shape index (κ3) is 2.97. The van der Waals surface area contributed by atoms with Gasteiger partial charge in [0.25, 0.3) is 0 Å². The summed E-state index contributed by atoms with van der Waals surface area (Å²) in [6.45, 7) is 0.154. The summed E-state index contributed by atoms with van der Waals surface area (Å²) in [6, 6.07) is 4.62. The van der Waals surface area contributed by atoms with E-state index in [1.165, 1.54) is 6.07 Å². The van der Waals surface area contributed by atoms with Crippen LogP contribution >= 0.6 is 15.9 Å². The molecule has 1 aromatic rings. The zero-order chi connectivity index (χ0) is 10.6. The van der Waals surface area contributed by atoms with Crippen LogP contribution in [0.15, 0.2) is 27.7 Å². The van der Waals surface area contributed by atoms with E-state index in [-0.39, 0.29) is 18.3 Å². The second-order valence-electron chi connectivity index (χ2n) is 2.58. The fraction of sp³-hybridized carbons (Fsp3) is 0.125. The first-order chi connectivity index (χ1) is 6.63. The van der Waals surface area contributed by atoms with E-state index in [0.717, 1.165) is 4.47 Å². The first kappa shape index (κ1) is 10.9. The van der Waals surface area contributed by atoms with Crippen LogP contribution in [0.3, 0.4) is 0 Å². The van der Waals surface area contributed by atoms with Gasteiger partial charge in [-0.05, 0) is 18.2 Å². The molecule has 0 aliphatic carbocycles. The van der Waals surface area contributed by atoms with Crippen molar-refractivity contribution < 1.29 is 4.39 Å². The lowest BCUT2D eigenvalue weighted by Crippen LogP contribution is -2.37. The minimum atomic E-state index is -0.318. The standard InChI is InChI=1S/C8H10BrFN4/c9-6-1-2-7(10)5(3-6)4-13-8(11)14-12/h1-3H,4,12H2,(H3,11,13,14). The summed E-state index contributed by atoms with van der Waals surface area (Å²) < 4.78 is 13.9. The average Bonchev–Trinajstić information content (AvgIpc) is 2.19. The second-order valence-corrected chi connectivity index (χ2v) is 3.50. The Bertz CT molecular complexity index is 353. The van der Waals surface area contributed by atoms with Crippen molar-refractivity contribution in [3.8, 4) is 0 Å². The molecule has 0 saturated carbocycles. The van der Waals surface area contributed by atoms with E-state index in [0.29, 0.717) is 5.56 Å². The van der Waals surface area contributed by atoms with Gasteiger partial charge in [0.15, 0.2) is 0 Å². The molecule has 0 aromatic heterocycles. The summed E-state index contributed by atoms with van der Waals surface area (Å²) in [5, 5.41) is 0. The van der Waals surface area contributed by atoms with Crippen molar-refractivity contribution in [3.05, 3.63) is 34.1 Å². The number of guanidine groups is 1. The van der Waals surface area contributed by atoms with Gasteiger partial charge in [-0.25, -0.2) is 15.2 Å². The van der Waals surface area contributed by atoms with Crippen LogP contribution in [0.2, 0.25) is 0 Å². The number of nitrogens with two attached hydrogens (primary N) is 2. The van der Waals surface area contributed by atoms with E-state index in [1.807, 2.05) is 0 Å². The van der Waals surface area contributed by atoms with Gasteiger partial charge in [-0.3, -0.25) is 5.43 Å². The smallest absolute Gasteiger partial charge is 0.203 e. The molecule has 14 heavy (non-hydrogen) atoms. The van der Waals surface area contributed by atoms with Crippen LogP contribution in [0.1, 0.15) is 5.56 Å². The van der Waals surface area contributed by atoms with Gasteiger partial charge >= 0.3 is 0 Å². The first-order valence-electron chi connectivity index (χ1n) is 3.84. The SMILES string of the molecule is NNC(N)=NCc1cc(Br)ccc1F. The van der Waals surface area contributed by atoms with Crippen LogP contribution < -0.4 is 17.0 Å². The normalized spacial score (nSPS) is 11.5. The quantitative estimate of drug-likeness (QED) is 0.320. The number of hydrogen-bond donors (Lipinski definition) is 3. The molecule has 0 amide bonds. The van der Waals surface area contributed by atoms with Gasteiger partial charge in [0.05, 0.1) is 6.54 Å². The molecule has 0 saturated heterocycles. The van der Waals surface area contributed by atoms with Gasteiger partial charge < -0.3 is 5.73 Å². The second kappa shape index (κ2) is 4.92. The fourth-order valence-corrected chi connectivity index (χ4v) is 1.29. The van der Waals surface area contributed by atoms with Crippen molar-refractivity contribution in [1.29, 1.82) is 0 Å². The van der Waals surface area contributed by atoms with Crippen LogP contribution in [-0.4, -0.2) is 5.96 Å². The number of benzene rings is 1. The van der Waals surface area contributed by atoms with Crippen molar-refractivity contribution in [2.45, 2.75) is 6.54 Å². The average molecular weight is 261 g/mol. The highest BCUT2D eigenvalue weighted by molar-refractivity contribution is 9.10. The lowest BCUT2D eigenvalue weighted by atomic mass is 10.2. The highest BCUT2D eigenvalue weighted by atomic mass is 79.9. The number of halogens is 2. The molecule has 0 fully saturated rings. The minimum Gasteiger partial charge on any atom is -0.369 e. The van der Waals surface area contributed by atoms with Gasteiger partial charge in [0.2, 0.25) is 5.96 Å². The molecule has 6 heteroatoms. The van der Waals surface area contributed by atoms with Crippen molar-refractivity contribution >= 4 is 21.9 Å². The topological polar surface area (TPSA) is 76.4 Å². The van der Waals surface area contributed by atoms with Crippen molar-refractivity contribution in [3.63, 3.8) is 0 Å². The molecule has 0 heterocycles. The highest BCUT2D eigenvalue weighted by Gasteiger charge is 2.01. The van der Waals surface area contributed by atoms with Gasteiger partial charge in [-0.2, -0.15) is 0 Å². The molecule has 0 aliphatic rings. The first-order valence-corrected chi connectivity index (χ1v) is 4.63. The summed E-state index contributed by atoms with van der Waals surface area (Å²) in [5.41, 5.74) is 7.91. The van der Waals surface area contributed by atoms with E-state index in [9.17, 15) is 4.39 Å².